The normalized spacial score (nSPS) is 11.4. The fraction of sp³-hybridized carbons (Fsp3) is 0.208. The van der Waals surface area contributed by atoms with Crippen molar-refractivity contribution in [2.45, 2.75) is 18.4 Å². The molecular formula is C24H24ClNO5S. The molecule has 0 heterocycles. The van der Waals surface area contributed by atoms with Gasteiger partial charge in [0, 0.05) is 23.7 Å². The van der Waals surface area contributed by atoms with Crippen LogP contribution >= 0.6 is 11.6 Å². The van der Waals surface area contributed by atoms with Gasteiger partial charge in [0.05, 0.1) is 12.0 Å². The molecule has 0 saturated carbocycles. The summed E-state index contributed by atoms with van der Waals surface area (Å²) in [5, 5.41) is 0.482. The van der Waals surface area contributed by atoms with Gasteiger partial charge in [0.2, 0.25) is 10.0 Å². The third kappa shape index (κ3) is 5.88. The number of ketones is 1. The lowest BCUT2D eigenvalue weighted by Gasteiger charge is -2.23. The lowest BCUT2D eigenvalue weighted by Crippen LogP contribution is -2.34. The zero-order valence-electron chi connectivity index (χ0n) is 17.8. The molecule has 3 rings (SSSR count). The first-order valence-electron chi connectivity index (χ1n) is 9.92. The maximum atomic E-state index is 13.4. The predicted octanol–water partition coefficient (Wildman–Crippen LogP) is 4.82. The Morgan fingerprint density at radius 2 is 1.56 bits per heavy atom. The zero-order chi connectivity index (χ0) is 23.1. The molecule has 0 aliphatic heterocycles. The van der Waals surface area contributed by atoms with Crippen molar-refractivity contribution in [2.24, 2.45) is 0 Å². The van der Waals surface area contributed by atoms with Crippen molar-refractivity contribution in [2.75, 3.05) is 20.3 Å². The molecule has 0 bridgehead atoms. The highest BCUT2D eigenvalue weighted by Crippen LogP contribution is 2.23. The molecule has 3 aromatic carbocycles. The molecule has 0 aromatic heterocycles. The van der Waals surface area contributed by atoms with E-state index in [2.05, 4.69) is 0 Å². The SMILES string of the molecule is COc1ccc(OCCN(Cc2ccccc2Cl)S(=O)(=O)c2ccc(C(C)=O)cc2)cc1. The number of carbonyl (C=O) groups excluding carboxylic acids is 1. The topological polar surface area (TPSA) is 72.9 Å². The Labute approximate surface area is 193 Å². The van der Waals surface area contributed by atoms with Gasteiger partial charge in [-0.3, -0.25) is 4.79 Å². The van der Waals surface area contributed by atoms with Gasteiger partial charge in [-0.05, 0) is 55.0 Å². The molecule has 6 nitrogen and oxygen atoms in total. The lowest BCUT2D eigenvalue weighted by molar-refractivity contribution is 0.101. The smallest absolute Gasteiger partial charge is 0.243 e. The molecule has 0 spiro atoms. The largest absolute Gasteiger partial charge is 0.497 e. The zero-order valence-corrected chi connectivity index (χ0v) is 19.4. The van der Waals surface area contributed by atoms with Crippen LogP contribution in [0.5, 0.6) is 11.5 Å². The monoisotopic (exact) mass is 473 g/mol. The molecule has 0 atom stereocenters. The second-order valence-electron chi connectivity index (χ2n) is 7.03. The average Bonchev–Trinajstić information content (AvgIpc) is 2.80. The molecule has 0 radical (unpaired) electrons. The van der Waals surface area contributed by atoms with Crippen molar-refractivity contribution in [1.82, 2.24) is 4.31 Å². The second kappa shape index (κ2) is 10.6. The fourth-order valence-electron chi connectivity index (χ4n) is 3.05. The van der Waals surface area contributed by atoms with Gasteiger partial charge in [0.25, 0.3) is 0 Å². The van der Waals surface area contributed by atoms with Crippen LogP contribution in [0.4, 0.5) is 0 Å². The van der Waals surface area contributed by atoms with Crippen LogP contribution in [0.1, 0.15) is 22.8 Å². The third-order valence-electron chi connectivity index (χ3n) is 4.87. The van der Waals surface area contributed by atoms with E-state index in [9.17, 15) is 13.2 Å². The number of nitrogens with zero attached hydrogens (tertiary/aromatic N) is 1. The Balaban J connectivity index is 1.81. The summed E-state index contributed by atoms with van der Waals surface area (Å²) in [6.07, 6.45) is 0. The van der Waals surface area contributed by atoms with Crippen molar-refractivity contribution in [3.05, 3.63) is 88.9 Å². The van der Waals surface area contributed by atoms with E-state index in [4.69, 9.17) is 21.1 Å². The highest BCUT2D eigenvalue weighted by molar-refractivity contribution is 7.89. The van der Waals surface area contributed by atoms with E-state index in [0.29, 0.717) is 27.6 Å². The standard InChI is InChI=1S/C24H24ClNO5S/c1-18(27)19-7-13-23(14-8-19)32(28,29)26(17-20-5-3-4-6-24(20)25)15-16-31-22-11-9-21(30-2)10-12-22/h3-14H,15-17H2,1-2H3. The van der Waals surface area contributed by atoms with Crippen molar-refractivity contribution in [3.8, 4) is 11.5 Å². The number of rotatable bonds is 10. The van der Waals surface area contributed by atoms with Gasteiger partial charge in [-0.25, -0.2) is 8.42 Å². The summed E-state index contributed by atoms with van der Waals surface area (Å²) in [5.41, 5.74) is 1.13. The van der Waals surface area contributed by atoms with Gasteiger partial charge in [0.15, 0.2) is 5.78 Å². The van der Waals surface area contributed by atoms with E-state index in [1.165, 1.54) is 35.5 Å². The number of methoxy groups -OCH3 is 1. The molecule has 0 aliphatic carbocycles. The molecule has 0 amide bonds. The van der Waals surface area contributed by atoms with Gasteiger partial charge < -0.3 is 9.47 Å². The lowest BCUT2D eigenvalue weighted by atomic mass is 10.2. The van der Waals surface area contributed by atoms with Crippen LogP contribution in [-0.2, 0) is 16.6 Å². The van der Waals surface area contributed by atoms with Crippen LogP contribution < -0.4 is 9.47 Å². The summed E-state index contributed by atoms with van der Waals surface area (Å²) in [6.45, 7) is 1.77. The van der Waals surface area contributed by atoms with Crippen LogP contribution in [0.15, 0.2) is 77.7 Å². The molecule has 8 heteroatoms. The van der Waals surface area contributed by atoms with Crippen LogP contribution in [0.2, 0.25) is 5.02 Å². The number of sulfonamides is 1. The summed E-state index contributed by atoms with van der Waals surface area (Å²) >= 11 is 6.28. The summed E-state index contributed by atoms with van der Waals surface area (Å²) in [7, 11) is -2.28. The first kappa shape index (κ1) is 23.8. The minimum absolute atomic E-state index is 0.0858. The highest BCUT2D eigenvalue weighted by atomic mass is 35.5. The van der Waals surface area contributed by atoms with Crippen LogP contribution in [-0.4, -0.2) is 38.8 Å². The Morgan fingerprint density at radius 3 is 2.16 bits per heavy atom. The van der Waals surface area contributed by atoms with Crippen molar-refractivity contribution in [3.63, 3.8) is 0 Å². The van der Waals surface area contributed by atoms with Gasteiger partial charge >= 0.3 is 0 Å². The minimum atomic E-state index is -3.86. The number of Topliss-reactive ketones (excluding diaryl/α,β-unsaturated/α-hetero) is 1. The van der Waals surface area contributed by atoms with Crippen molar-refractivity contribution >= 4 is 27.4 Å². The summed E-state index contributed by atoms with van der Waals surface area (Å²) in [4.78, 5) is 11.6. The molecule has 0 aliphatic rings. The fourth-order valence-corrected chi connectivity index (χ4v) is 4.65. The summed E-state index contributed by atoms with van der Waals surface area (Å²) in [6, 6.07) is 20.1. The number of carbonyl (C=O) groups is 1. The summed E-state index contributed by atoms with van der Waals surface area (Å²) < 4.78 is 39.0. The molecular weight excluding hydrogens is 450 g/mol. The van der Waals surface area contributed by atoms with Crippen LogP contribution in [0.3, 0.4) is 0 Å². The summed E-state index contributed by atoms with van der Waals surface area (Å²) in [5.74, 6) is 1.18. The van der Waals surface area contributed by atoms with E-state index in [-0.39, 0.29) is 30.4 Å². The Hall–Kier alpha value is -2.87. The molecule has 0 unspecified atom stereocenters. The van der Waals surface area contributed by atoms with E-state index in [0.717, 1.165) is 0 Å². The van der Waals surface area contributed by atoms with Gasteiger partial charge in [0.1, 0.15) is 18.1 Å². The molecule has 0 fully saturated rings. The van der Waals surface area contributed by atoms with Crippen molar-refractivity contribution in [1.29, 1.82) is 0 Å². The van der Waals surface area contributed by atoms with Crippen molar-refractivity contribution < 1.29 is 22.7 Å². The Morgan fingerprint density at radius 1 is 0.938 bits per heavy atom. The average molecular weight is 474 g/mol. The second-order valence-corrected chi connectivity index (χ2v) is 9.38. The Kier molecular flexibility index (Phi) is 7.90. The molecule has 0 saturated heterocycles. The maximum Gasteiger partial charge on any atom is 0.243 e. The Bertz CT molecular complexity index is 1160. The minimum Gasteiger partial charge on any atom is -0.497 e. The number of hydrogen-bond donors (Lipinski definition) is 0. The molecule has 0 N–H and O–H groups in total. The number of benzene rings is 3. The van der Waals surface area contributed by atoms with E-state index < -0.39 is 10.0 Å². The molecule has 32 heavy (non-hydrogen) atoms. The first-order valence-corrected chi connectivity index (χ1v) is 11.7. The first-order chi connectivity index (χ1) is 15.3. The number of hydrogen-bond acceptors (Lipinski definition) is 5. The molecule has 3 aromatic rings. The van der Waals surface area contributed by atoms with Crippen LogP contribution in [0, 0.1) is 0 Å². The third-order valence-corrected chi connectivity index (χ3v) is 7.10. The number of ether oxygens (including phenoxy) is 2. The predicted molar refractivity (Wildman–Crippen MR) is 124 cm³/mol. The van der Waals surface area contributed by atoms with E-state index in [1.54, 1.807) is 49.6 Å². The van der Waals surface area contributed by atoms with Crippen LogP contribution in [0.25, 0.3) is 0 Å². The van der Waals surface area contributed by atoms with Gasteiger partial charge in [-0.1, -0.05) is 41.9 Å². The van der Waals surface area contributed by atoms with Gasteiger partial charge in [-0.2, -0.15) is 4.31 Å². The van der Waals surface area contributed by atoms with E-state index in [1.807, 2.05) is 6.07 Å². The molecule has 168 valence electrons. The highest BCUT2D eigenvalue weighted by Gasteiger charge is 2.25. The van der Waals surface area contributed by atoms with Gasteiger partial charge in [-0.15, -0.1) is 0 Å². The number of halogens is 1. The quantitative estimate of drug-likeness (QED) is 0.395. The van der Waals surface area contributed by atoms with E-state index >= 15 is 0 Å². The maximum absolute atomic E-state index is 13.4.